The van der Waals surface area contributed by atoms with E-state index in [-0.39, 0.29) is 0 Å². The van der Waals surface area contributed by atoms with Gasteiger partial charge in [0.25, 0.3) is 0 Å². The number of imidazole rings is 1. The van der Waals surface area contributed by atoms with Gasteiger partial charge in [-0.25, -0.2) is 9.97 Å². The van der Waals surface area contributed by atoms with Gasteiger partial charge in [0.15, 0.2) is 0 Å². The van der Waals surface area contributed by atoms with Crippen LogP contribution in [-0.4, -0.2) is 14.5 Å². The van der Waals surface area contributed by atoms with Gasteiger partial charge in [-0.3, -0.25) is 0 Å². The van der Waals surface area contributed by atoms with Crippen LogP contribution in [0.5, 0.6) is 0 Å². The Kier molecular flexibility index (Phi) is 2.87. The van der Waals surface area contributed by atoms with Crippen molar-refractivity contribution in [3.8, 4) is 0 Å². The van der Waals surface area contributed by atoms with Crippen LogP contribution in [-0.2, 0) is 13.6 Å². The van der Waals surface area contributed by atoms with Gasteiger partial charge >= 0.3 is 0 Å². The molecule has 0 saturated carbocycles. The van der Waals surface area contributed by atoms with Crippen molar-refractivity contribution in [2.24, 2.45) is 7.05 Å². The van der Waals surface area contributed by atoms with Gasteiger partial charge in [0.2, 0.25) is 0 Å². The molecule has 0 bridgehead atoms. The summed E-state index contributed by atoms with van der Waals surface area (Å²) in [7, 11) is 1.96. The fraction of sp³-hybridized carbons (Fsp3) is 0.200. The van der Waals surface area contributed by atoms with E-state index >= 15 is 0 Å². The molecule has 0 fully saturated rings. The molecule has 0 saturated heterocycles. The molecule has 0 radical (unpaired) electrons. The van der Waals surface area contributed by atoms with Crippen molar-refractivity contribution in [3.05, 3.63) is 41.7 Å². The number of aromatic nitrogens is 3. The second-order valence-electron chi connectivity index (χ2n) is 3.18. The Hall–Kier alpha value is -1.55. The number of halogens is 1. The van der Waals surface area contributed by atoms with Gasteiger partial charge in [-0.15, -0.1) is 0 Å². The highest BCUT2D eigenvalue weighted by Crippen LogP contribution is 2.10. The molecule has 0 aliphatic heterocycles. The molecule has 0 aromatic carbocycles. The van der Waals surface area contributed by atoms with Gasteiger partial charge in [-0.05, 0) is 12.1 Å². The van der Waals surface area contributed by atoms with E-state index in [1.54, 1.807) is 18.5 Å². The zero-order valence-corrected chi connectivity index (χ0v) is 9.07. The number of anilines is 1. The summed E-state index contributed by atoms with van der Waals surface area (Å²) in [5, 5.41) is 3.71. The standard InChI is InChI=1S/C10H11ClN4/c1-15-5-4-12-10(15)7-13-8-2-3-9(11)14-6-8/h2-6,13H,7H2,1H3. The van der Waals surface area contributed by atoms with Gasteiger partial charge in [0.05, 0.1) is 18.4 Å². The first kappa shape index (κ1) is 9.98. The molecule has 4 nitrogen and oxygen atoms in total. The minimum absolute atomic E-state index is 0.498. The fourth-order valence-electron chi connectivity index (χ4n) is 1.23. The second kappa shape index (κ2) is 4.31. The number of aryl methyl sites for hydroxylation is 1. The molecule has 0 aliphatic rings. The first-order chi connectivity index (χ1) is 7.25. The van der Waals surface area contributed by atoms with E-state index in [1.165, 1.54) is 0 Å². The molecule has 78 valence electrons. The number of pyridine rings is 1. The van der Waals surface area contributed by atoms with Crippen LogP contribution in [0.25, 0.3) is 0 Å². The zero-order valence-electron chi connectivity index (χ0n) is 8.31. The molecule has 2 heterocycles. The van der Waals surface area contributed by atoms with Crippen molar-refractivity contribution in [1.29, 1.82) is 0 Å². The van der Waals surface area contributed by atoms with E-state index in [1.807, 2.05) is 23.9 Å². The maximum Gasteiger partial charge on any atom is 0.129 e. The van der Waals surface area contributed by atoms with Crippen LogP contribution in [0.1, 0.15) is 5.82 Å². The largest absolute Gasteiger partial charge is 0.377 e. The third-order valence-electron chi connectivity index (χ3n) is 2.10. The number of hydrogen-bond donors (Lipinski definition) is 1. The SMILES string of the molecule is Cn1ccnc1CNc1ccc(Cl)nc1. The minimum Gasteiger partial charge on any atom is -0.377 e. The lowest BCUT2D eigenvalue weighted by Gasteiger charge is -2.05. The van der Waals surface area contributed by atoms with Gasteiger partial charge < -0.3 is 9.88 Å². The quantitative estimate of drug-likeness (QED) is 0.809. The highest BCUT2D eigenvalue weighted by molar-refractivity contribution is 6.29. The predicted molar refractivity (Wildman–Crippen MR) is 59.8 cm³/mol. The molecular weight excluding hydrogens is 212 g/mol. The number of nitrogens with one attached hydrogen (secondary N) is 1. The third-order valence-corrected chi connectivity index (χ3v) is 2.32. The van der Waals surface area contributed by atoms with Crippen LogP contribution < -0.4 is 5.32 Å². The Morgan fingerprint density at radius 3 is 2.87 bits per heavy atom. The second-order valence-corrected chi connectivity index (χ2v) is 3.56. The summed E-state index contributed by atoms with van der Waals surface area (Å²) in [6, 6.07) is 3.64. The molecule has 1 N–H and O–H groups in total. The van der Waals surface area contributed by atoms with Gasteiger partial charge in [-0.2, -0.15) is 0 Å². The normalized spacial score (nSPS) is 10.3. The van der Waals surface area contributed by atoms with Crippen LogP contribution in [0.15, 0.2) is 30.7 Å². The van der Waals surface area contributed by atoms with Crippen molar-refractivity contribution in [1.82, 2.24) is 14.5 Å². The third kappa shape index (κ3) is 2.47. The molecule has 0 amide bonds. The van der Waals surface area contributed by atoms with Gasteiger partial charge in [0, 0.05) is 19.4 Å². The van der Waals surface area contributed by atoms with E-state index in [0.717, 1.165) is 11.5 Å². The summed E-state index contributed by atoms with van der Waals surface area (Å²) in [4.78, 5) is 8.18. The average molecular weight is 223 g/mol. The first-order valence-corrected chi connectivity index (χ1v) is 4.95. The highest BCUT2D eigenvalue weighted by atomic mass is 35.5. The van der Waals surface area contributed by atoms with E-state index in [4.69, 9.17) is 11.6 Å². The maximum absolute atomic E-state index is 5.68. The Balaban J connectivity index is 1.99. The van der Waals surface area contributed by atoms with E-state index in [2.05, 4.69) is 15.3 Å². The first-order valence-electron chi connectivity index (χ1n) is 4.57. The van der Waals surface area contributed by atoms with Crippen LogP contribution in [0.3, 0.4) is 0 Å². The molecule has 0 atom stereocenters. The summed E-state index contributed by atoms with van der Waals surface area (Å²) in [5.41, 5.74) is 0.933. The summed E-state index contributed by atoms with van der Waals surface area (Å²) in [6.07, 6.45) is 5.39. The van der Waals surface area contributed by atoms with Crippen molar-refractivity contribution in [2.45, 2.75) is 6.54 Å². The fourth-order valence-corrected chi connectivity index (χ4v) is 1.34. The van der Waals surface area contributed by atoms with Crippen molar-refractivity contribution >= 4 is 17.3 Å². The maximum atomic E-state index is 5.68. The van der Waals surface area contributed by atoms with Crippen molar-refractivity contribution < 1.29 is 0 Å². The summed E-state index contributed by atoms with van der Waals surface area (Å²) in [5.74, 6) is 0.977. The Labute approximate surface area is 92.9 Å². The molecule has 2 aromatic rings. The molecule has 15 heavy (non-hydrogen) atoms. The van der Waals surface area contributed by atoms with E-state index in [0.29, 0.717) is 11.7 Å². The molecule has 2 aromatic heterocycles. The van der Waals surface area contributed by atoms with Crippen LogP contribution in [0, 0.1) is 0 Å². The molecule has 2 rings (SSSR count). The van der Waals surface area contributed by atoms with Crippen molar-refractivity contribution in [2.75, 3.05) is 5.32 Å². The Morgan fingerprint density at radius 2 is 2.27 bits per heavy atom. The molecule has 0 unspecified atom stereocenters. The predicted octanol–water partition coefficient (Wildman–Crippen LogP) is 2.08. The van der Waals surface area contributed by atoms with Gasteiger partial charge in [0.1, 0.15) is 11.0 Å². The summed E-state index contributed by atoms with van der Waals surface area (Å²) in [6.45, 7) is 0.673. The topological polar surface area (TPSA) is 42.7 Å². The average Bonchev–Trinajstić information content (AvgIpc) is 2.63. The number of hydrogen-bond acceptors (Lipinski definition) is 3. The lowest BCUT2D eigenvalue weighted by atomic mass is 10.4. The van der Waals surface area contributed by atoms with E-state index < -0.39 is 0 Å². The minimum atomic E-state index is 0.498. The lowest BCUT2D eigenvalue weighted by molar-refractivity contribution is 0.812. The van der Waals surface area contributed by atoms with Crippen LogP contribution in [0.2, 0.25) is 5.15 Å². The van der Waals surface area contributed by atoms with Crippen molar-refractivity contribution in [3.63, 3.8) is 0 Å². The summed E-state index contributed by atoms with van der Waals surface area (Å²) < 4.78 is 1.97. The monoisotopic (exact) mass is 222 g/mol. The number of nitrogens with zero attached hydrogens (tertiary/aromatic N) is 3. The molecular formula is C10H11ClN4. The molecule has 5 heteroatoms. The van der Waals surface area contributed by atoms with Gasteiger partial charge in [-0.1, -0.05) is 11.6 Å². The lowest BCUT2D eigenvalue weighted by Crippen LogP contribution is -2.05. The highest BCUT2D eigenvalue weighted by Gasteiger charge is 1.98. The smallest absolute Gasteiger partial charge is 0.129 e. The van der Waals surface area contributed by atoms with Crippen LogP contribution in [0.4, 0.5) is 5.69 Å². The zero-order chi connectivity index (χ0) is 10.7. The Bertz CT molecular complexity index is 435. The Morgan fingerprint density at radius 1 is 1.40 bits per heavy atom. The molecule has 0 spiro atoms. The van der Waals surface area contributed by atoms with E-state index in [9.17, 15) is 0 Å². The number of rotatable bonds is 3. The molecule has 0 aliphatic carbocycles. The summed E-state index contributed by atoms with van der Waals surface area (Å²) >= 11 is 5.68. The van der Waals surface area contributed by atoms with Crippen LogP contribution >= 0.6 is 11.6 Å².